The highest BCUT2D eigenvalue weighted by atomic mass is 16.5. The van der Waals surface area contributed by atoms with E-state index < -0.39 is 5.97 Å². The van der Waals surface area contributed by atoms with Crippen LogP contribution in [0.2, 0.25) is 0 Å². The van der Waals surface area contributed by atoms with E-state index in [4.69, 9.17) is 9.84 Å². The van der Waals surface area contributed by atoms with Gasteiger partial charge >= 0.3 is 5.97 Å². The number of benzene rings is 1. The van der Waals surface area contributed by atoms with E-state index in [0.29, 0.717) is 12.4 Å². The van der Waals surface area contributed by atoms with Crippen LogP contribution in [-0.2, 0) is 6.42 Å². The zero-order valence-electron chi connectivity index (χ0n) is 10.7. The van der Waals surface area contributed by atoms with Gasteiger partial charge < -0.3 is 9.84 Å². The van der Waals surface area contributed by atoms with Gasteiger partial charge in [0.15, 0.2) is 0 Å². The van der Waals surface area contributed by atoms with Gasteiger partial charge in [-0.25, -0.2) is 4.79 Å². The smallest absolute Gasteiger partial charge is 0.335 e. The van der Waals surface area contributed by atoms with Gasteiger partial charge in [-0.05, 0) is 36.2 Å². The summed E-state index contributed by atoms with van der Waals surface area (Å²) >= 11 is 0. The molecule has 0 saturated carbocycles. The van der Waals surface area contributed by atoms with E-state index in [1.807, 2.05) is 19.1 Å². The van der Waals surface area contributed by atoms with Crippen LogP contribution in [0.4, 0.5) is 0 Å². The van der Waals surface area contributed by atoms with Crippen LogP contribution in [0.15, 0.2) is 42.7 Å². The molecule has 0 amide bonds. The van der Waals surface area contributed by atoms with E-state index in [0.717, 1.165) is 17.5 Å². The van der Waals surface area contributed by atoms with Crippen molar-refractivity contribution >= 4 is 5.97 Å². The zero-order chi connectivity index (χ0) is 13.7. The summed E-state index contributed by atoms with van der Waals surface area (Å²) in [5, 5.41) is 8.94. The first-order valence-electron chi connectivity index (χ1n) is 6.02. The van der Waals surface area contributed by atoms with Crippen LogP contribution in [-0.4, -0.2) is 22.7 Å². The average Bonchev–Trinajstić information content (AvgIpc) is 2.42. The Hall–Kier alpha value is -2.36. The Morgan fingerprint density at radius 3 is 2.89 bits per heavy atom. The summed E-state index contributed by atoms with van der Waals surface area (Å²) in [4.78, 5) is 14.9. The lowest BCUT2D eigenvalue weighted by molar-refractivity contribution is 0.0696. The number of aromatic carboxylic acids is 1. The maximum atomic E-state index is 10.9. The zero-order valence-corrected chi connectivity index (χ0v) is 10.7. The minimum atomic E-state index is -0.947. The van der Waals surface area contributed by atoms with Gasteiger partial charge in [0.2, 0.25) is 0 Å². The summed E-state index contributed by atoms with van der Waals surface area (Å²) in [7, 11) is 0. The molecule has 2 aromatic rings. The maximum Gasteiger partial charge on any atom is 0.335 e. The molecule has 0 aliphatic carbocycles. The highest BCUT2D eigenvalue weighted by Crippen LogP contribution is 2.19. The molecule has 0 saturated heterocycles. The highest BCUT2D eigenvalue weighted by molar-refractivity contribution is 5.88. The Kier molecular flexibility index (Phi) is 4.13. The molecule has 0 atom stereocenters. The Labute approximate surface area is 111 Å². The summed E-state index contributed by atoms with van der Waals surface area (Å²) in [6.07, 6.45) is 4.26. The summed E-state index contributed by atoms with van der Waals surface area (Å²) in [6.45, 7) is 2.39. The molecule has 1 heterocycles. The number of ether oxygens (including phenoxy) is 1. The fraction of sp³-hybridized carbons (Fsp3) is 0.200. The second-order valence-corrected chi connectivity index (χ2v) is 4.25. The molecule has 19 heavy (non-hydrogen) atoms. The Morgan fingerprint density at radius 1 is 1.37 bits per heavy atom. The third-order valence-electron chi connectivity index (χ3n) is 2.81. The summed E-state index contributed by atoms with van der Waals surface area (Å²) < 4.78 is 5.64. The van der Waals surface area contributed by atoms with Gasteiger partial charge in [0.25, 0.3) is 0 Å². The molecule has 0 radical (unpaired) electrons. The van der Waals surface area contributed by atoms with Crippen molar-refractivity contribution in [3.63, 3.8) is 0 Å². The maximum absolute atomic E-state index is 10.9. The number of aryl methyl sites for hydroxylation is 1. The standard InChI is InChI=1S/C15H15NO3/c1-11-4-5-13(15(17)18)9-14(11)19-8-6-12-3-2-7-16-10-12/h2-5,7,9-10H,6,8H2,1H3,(H,17,18). The number of carboxylic acids is 1. The monoisotopic (exact) mass is 257 g/mol. The van der Waals surface area contributed by atoms with Crippen LogP contribution in [0.3, 0.4) is 0 Å². The van der Waals surface area contributed by atoms with Crippen molar-refractivity contribution in [3.8, 4) is 5.75 Å². The number of nitrogens with zero attached hydrogens (tertiary/aromatic N) is 1. The lowest BCUT2D eigenvalue weighted by Gasteiger charge is -2.09. The van der Waals surface area contributed by atoms with E-state index in [2.05, 4.69) is 4.98 Å². The number of carboxylic acid groups (broad SMARTS) is 1. The van der Waals surface area contributed by atoms with Crippen molar-refractivity contribution in [2.24, 2.45) is 0 Å². The third-order valence-corrected chi connectivity index (χ3v) is 2.81. The molecule has 1 aromatic heterocycles. The van der Waals surface area contributed by atoms with Crippen molar-refractivity contribution < 1.29 is 14.6 Å². The Morgan fingerprint density at radius 2 is 2.21 bits per heavy atom. The van der Waals surface area contributed by atoms with Crippen molar-refractivity contribution in [2.45, 2.75) is 13.3 Å². The van der Waals surface area contributed by atoms with E-state index in [-0.39, 0.29) is 5.56 Å². The highest BCUT2D eigenvalue weighted by Gasteiger charge is 2.07. The van der Waals surface area contributed by atoms with Gasteiger partial charge in [-0.15, -0.1) is 0 Å². The van der Waals surface area contributed by atoms with E-state index in [9.17, 15) is 4.79 Å². The van der Waals surface area contributed by atoms with E-state index in [1.165, 1.54) is 0 Å². The fourth-order valence-electron chi connectivity index (χ4n) is 1.71. The molecule has 4 heteroatoms. The first-order chi connectivity index (χ1) is 9.16. The van der Waals surface area contributed by atoms with E-state index in [1.54, 1.807) is 30.6 Å². The van der Waals surface area contributed by atoms with Gasteiger partial charge in [0.05, 0.1) is 12.2 Å². The second kappa shape index (κ2) is 6.00. The predicted octanol–water partition coefficient (Wildman–Crippen LogP) is 2.71. The van der Waals surface area contributed by atoms with Crippen LogP contribution in [0.25, 0.3) is 0 Å². The van der Waals surface area contributed by atoms with Gasteiger partial charge in [-0.1, -0.05) is 12.1 Å². The molecule has 4 nitrogen and oxygen atoms in total. The molecular weight excluding hydrogens is 242 g/mol. The average molecular weight is 257 g/mol. The molecule has 0 aliphatic rings. The largest absolute Gasteiger partial charge is 0.493 e. The molecule has 0 fully saturated rings. The predicted molar refractivity (Wildman–Crippen MR) is 71.6 cm³/mol. The van der Waals surface area contributed by atoms with Gasteiger partial charge in [0.1, 0.15) is 5.75 Å². The second-order valence-electron chi connectivity index (χ2n) is 4.25. The lowest BCUT2D eigenvalue weighted by Crippen LogP contribution is -2.04. The number of hydrogen-bond acceptors (Lipinski definition) is 3. The molecule has 1 N–H and O–H groups in total. The molecule has 98 valence electrons. The quantitative estimate of drug-likeness (QED) is 0.894. The first-order valence-corrected chi connectivity index (χ1v) is 6.02. The Bertz CT molecular complexity index is 567. The van der Waals surface area contributed by atoms with Gasteiger partial charge in [-0.3, -0.25) is 4.98 Å². The number of carbonyl (C=O) groups is 1. The summed E-state index contributed by atoms with van der Waals surface area (Å²) in [6, 6.07) is 8.75. The van der Waals surface area contributed by atoms with Crippen molar-refractivity contribution in [1.29, 1.82) is 0 Å². The molecule has 0 unspecified atom stereocenters. The molecular formula is C15H15NO3. The molecule has 0 spiro atoms. The van der Waals surface area contributed by atoms with Crippen molar-refractivity contribution in [2.75, 3.05) is 6.61 Å². The third kappa shape index (κ3) is 3.55. The van der Waals surface area contributed by atoms with Crippen LogP contribution in [0, 0.1) is 6.92 Å². The normalized spacial score (nSPS) is 10.2. The van der Waals surface area contributed by atoms with Crippen molar-refractivity contribution in [1.82, 2.24) is 4.98 Å². The Balaban J connectivity index is 1.99. The number of pyridine rings is 1. The van der Waals surface area contributed by atoms with Crippen LogP contribution < -0.4 is 4.74 Å². The minimum absolute atomic E-state index is 0.238. The van der Waals surface area contributed by atoms with Gasteiger partial charge in [-0.2, -0.15) is 0 Å². The van der Waals surface area contributed by atoms with Crippen LogP contribution in [0.1, 0.15) is 21.5 Å². The molecule has 0 aliphatic heterocycles. The number of aromatic nitrogens is 1. The SMILES string of the molecule is Cc1ccc(C(=O)O)cc1OCCc1cccnc1. The van der Waals surface area contributed by atoms with Crippen LogP contribution in [0.5, 0.6) is 5.75 Å². The summed E-state index contributed by atoms with van der Waals surface area (Å²) in [5.74, 6) is -0.333. The number of hydrogen-bond donors (Lipinski definition) is 1. The topological polar surface area (TPSA) is 59.4 Å². The first kappa shape index (κ1) is 13.1. The molecule has 2 rings (SSSR count). The number of rotatable bonds is 5. The van der Waals surface area contributed by atoms with Crippen LogP contribution >= 0.6 is 0 Å². The molecule has 1 aromatic carbocycles. The lowest BCUT2D eigenvalue weighted by atomic mass is 10.1. The van der Waals surface area contributed by atoms with E-state index >= 15 is 0 Å². The van der Waals surface area contributed by atoms with Gasteiger partial charge in [0, 0.05) is 18.8 Å². The molecule has 0 bridgehead atoms. The minimum Gasteiger partial charge on any atom is -0.493 e. The fourth-order valence-corrected chi connectivity index (χ4v) is 1.71. The van der Waals surface area contributed by atoms with Crippen molar-refractivity contribution in [3.05, 3.63) is 59.4 Å². The summed E-state index contributed by atoms with van der Waals surface area (Å²) in [5.41, 5.74) is 2.26.